The van der Waals surface area contributed by atoms with Gasteiger partial charge in [-0.05, 0) is 41.0 Å². The third kappa shape index (κ3) is 4.44. The molecule has 7 nitrogen and oxygen atoms in total. The number of carboxylic acid groups (broad SMARTS) is 1. The Morgan fingerprint density at radius 3 is 2.30 bits per heavy atom. The van der Waals surface area contributed by atoms with Crippen molar-refractivity contribution in [3.63, 3.8) is 0 Å². The molecule has 1 unspecified atom stereocenters. The first kappa shape index (κ1) is 21.8. The van der Waals surface area contributed by atoms with Gasteiger partial charge < -0.3 is 20.1 Å². The van der Waals surface area contributed by atoms with E-state index in [0.29, 0.717) is 11.6 Å². The quantitative estimate of drug-likeness (QED) is 0.646. The Morgan fingerprint density at radius 1 is 1.06 bits per heavy atom. The van der Waals surface area contributed by atoms with Crippen LogP contribution >= 0.6 is 11.8 Å². The molecule has 0 aromatic heterocycles. The molecule has 2 aliphatic carbocycles. The normalized spacial score (nSPS) is 20.1. The number of hydrogen-bond donors (Lipinski definition) is 2. The highest BCUT2D eigenvalue weighted by molar-refractivity contribution is 7.99. The fourth-order valence-electron chi connectivity index (χ4n) is 4.82. The molecule has 2 aromatic carbocycles. The van der Waals surface area contributed by atoms with Gasteiger partial charge in [-0.3, -0.25) is 4.79 Å². The summed E-state index contributed by atoms with van der Waals surface area (Å²) in [5.74, 6) is -0.244. The van der Waals surface area contributed by atoms with Crippen molar-refractivity contribution in [2.45, 2.75) is 37.3 Å². The lowest BCUT2D eigenvalue weighted by atomic mass is 9.98. The van der Waals surface area contributed by atoms with Crippen LogP contribution in [0.25, 0.3) is 11.1 Å². The number of ether oxygens (including phenoxy) is 1. The minimum atomic E-state index is -0.985. The molecular weight excluding hydrogens is 440 g/mol. The molecule has 2 fully saturated rings. The molecule has 1 saturated carbocycles. The lowest BCUT2D eigenvalue weighted by Gasteiger charge is -2.24. The van der Waals surface area contributed by atoms with Gasteiger partial charge in [0.15, 0.2) is 0 Å². The van der Waals surface area contributed by atoms with Crippen LogP contribution in [0.3, 0.4) is 0 Å². The van der Waals surface area contributed by atoms with Crippen molar-refractivity contribution < 1.29 is 24.2 Å². The zero-order valence-corrected chi connectivity index (χ0v) is 18.9. The van der Waals surface area contributed by atoms with E-state index < -0.39 is 18.1 Å². The van der Waals surface area contributed by atoms with Crippen molar-refractivity contribution in [2.75, 3.05) is 18.2 Å². The predicted octanol–water partition coefficient (Wildman–Crippen LogP) is 3.68. The molecule has 1 saturated heterocycles. The zero-order valence-electron chi connectivity index (χ0n) is 18.1. The Bertz CT molecular complexity index is 1040. The molecule has 8 heteroatoms. The zero-order chi connectivity index (χ0) is 22.9. The fraction of sp³-hybridized carbons (Fsp3) is 0.400. The van der Waals surface area contributed by atoms with Gasteiger partial charge in [-0.2, -0.15) is 0 Å². The van der Waals surface area contributed by atoms with E-state index in [-0.39, 0.29) is 36.8 Å². The van der Waals surface area contributed by atoms with Crippen LogP contribution < -0.4 is 5.32 Å². The number of carbonyl (C=O) groups is 3. The maximum absolute atomic E-state index is 12.8. The standard InChI is InChI=1S/C25H26N2O5S/c28-23(27-14-33-13-22(27)24(29)30)11-21(15-9-10-15)26-25(31)32-12-20-18-7-3-1-5-16(18)17-6-2-4-8-19(17)20/h1-8,15,20-22H,9-14H2,(H,26,31)(H,29,30)/t21?,22-/m0/s1. The van der Waals surface area contributed by atoms with Gasteiger partial charge in [0.2, 0.25) is 5.91 Å². The Morgan fingerprint density at radius 2 is 1.70 bits per heavy atom. The average molecular weight is 467 g/mol. The minimum Gasteiger partial charge on any atom is -0.480 e. The van der Waals surface area contributed by atoms with Gasteiger partial charge in [-0.15, -0.1) is 11.8 Å². The number of carboxylic acids is 1. The second-order valence-electron chi connectivity index (χ2n) is 8.84. The maximum atomic E-state index is 12.8. The number of alkyl carbamates (subject to hydrolysis) is 1. The maximum Gasteiger partial charge on any atom is 0.407 e. The molecule has 5 rings (SSSR count). The molecule has 33 heavy (non-hydrogen) atoms. The van der Waals surface area contributed by atoms with Crippen molar-refractivity contribution in [3.8, 4) is 11.1 Å². The highest BCUT2D eigenvalue weighted by Crippen LogP contribution is 2.44. The highest BCUT2D eigenvalue weighted by atomic mass is 32.2. The smallest absolute Gasteiger partial charge is 0.407 e. The molecule has 1 aliphatic heterocycles. The van der Waals surface area contributed by atoms with Gasteiger partial charge >= 0.3 is 12.1 Å². The summed E-state index contributed by atoms with van der Waals surface area (Å²) in [4.78, 5) is 38.3. The van der Waals surface area contributed by atoms with Gasteiger partial charge in [0.25, 0.3) is 0 Å². The molecular formula is C25H26N2O5S. The number of nitrogens with zero attached hydrogens (tertiary/aromatic N) is 1. The number of hydrogen-bond acceptors (Lipinski definition) is 5. The first-order valence-corrected chi connectivity index (χ1v) is 12.4. The molecule has 0 spiro atoms. The number of nitrogens with one attached hydrogen (secondary N) is 1. The summed E-state index contributed by atoms with van der Waals surface area (Å²) in [6.45, 7) is 0.217. The van der Waals surface area contributed by atoms with Crippen LogP contribution in [0.15, 0.2) is 48.5 Å². The number of fused-ring (bicyclic) bond motifs is 3. The van der Waals surface area contributed by atoms with Crippen molar-refractivity contribution >= 4 is 29.7 Å². The Labute approximate surface area is 196 Å². The largest absolute Gasteiger partial charge is 0.480 e. The van der Waals surface area contributed by atoms with Gasteiger partial charge in [0.1, 0.15) is 12.6 Å². The highest BCUT2D eigenvalue weighted by Gasteiger charge is 2.39. The lowest BCUT2D eigenvalue weighted by molar-refractivity contribution is -0.148. The molecule has 1 heterocycles. The van der Waals surface area contributed by atoms with Crippen molar-refractivity contribution in [1.82, 2.24) is 10.2 Å². The van der Waals surface area contributed by atoms with E-state index in [1.54, 1.807) is 0 Å². The Hall–Kier alpha value is -3.00. The number of aliphatic carboxylic acids is 1. The van der Waals surface area contributed by atoms with E-state index in [0.717, 1.165) is 24.0 Å². The van der Waals surface area contributed by atoms with Crippen molar-refractivity contribution in [1.29, 1.82) is 0 Å². The third-order valence-corrected chi connectivity index (χ3v) is 7.73. The second-order valence-corrected chi connectivity index (χ2v) is 9.84. The van der Waals surface area contributed by atoms with Crippen molar-refractivity contribution in [3.05, 3.63) is 59.7 Å². The van der Waals surface area contributed by atoms with Gasteiger partial charge in [0.05, 0.1) is 5.88 Å². The lowest BCUT2D eigenvalue weighted by Crippen LogP contribution is -2.46. The van der Waals surface area contributed by atoms with Crippen LogP contribution in [-0.2, 0) is 14.3 Å². The first-order chi connectivity index (χ1) is 16.0. The summed E-state index contributed by atoms with van der Waals surface area (Å²) < 4.78 is 5.64. The number of amides is 2. The summed E-state index contributed by atoms with van der Waals surface area (Å²) in [5, 5.41) is 12.2. The van der Waals surface area contributed by atoms with Gasteiger partial charge in [-0.25, -0.2) is 9.59 Å². The summed E-state index contributed by atoms with van der Waals surface area (Å²) in [5.41, 5.74) is 4.62. The van der Waals surface area contributed by atoms with E-state index in [1.807, 2.05) is 24.3 Å². The number of thioether (sulfide) groups is 1. The summed E-state index contributed by atoms with van der Waals surface area (Å²) in [6, 6.07) is 15.2. The number of rotatable bonds is 7. The molecule has 3 aliphatic rings. The molecule has 2 N–H and O–H groups in total. The number of carbonyl (C=O) groups excluding carboxylic acids is 2. The Kier molecular flexibility index (Phi) is 6.01. The number of benzene rings is 2. The van der Waals surface area contributed by atoms with Crippen LogP contribution in [0.5, 0.6) is 0 Å². The molecule has 2 atom stereocenters. The second kappa shape index (κ2) is 9.09. The molecule has 0 radical (unpaired) electrons. The molecule has 2 amide bonds. The van der Waals surface area contributed by atoms with Crippen LogP contribution in [0.4, 0.5) is 4.79 Å². The van der Waals surface area contributed by atoms with E-state index in [4.69, 9.17) is 4.74 Å². The summed E-state index contributed by atoms with van der Waals surface area (Å²) in [7, 11) is 0. The van der Waals surface area contributed by atoms with E-state index in [2.05, 4.69) is 29.6 Å². The topological polar surface area (TPSA) is 95.9 Å². The van der Waals surface area contributed by atoms with E-state index >= 15 is 0 Å². The predicted molar refractivity (Wildman–Crippen MR) is 125 cm³/mol. The monoisotopic (exact) mass is 466 g/mol. The van der Waals surface area contributed by atoms with Gasteiger partial charge in [0, 0.05) is 24.1 Å². The molecule has 172 valence electrons. The average Bonchev–Trinajstić information content (AvgIpc) is 3.45. The fourth-order valence-corrected chi connectivity index (χ4v) is 6.00. The van der Waals surface area contributed by atoms with Crippen LogP contribution in [0.2, 0.25) is 0 Å². The first-order valence-electron chi connectivity index (χ1n) is 11.2. The molecule has 0 bridgehead atoms. The third-order valence-electron chi connectivity index (χ3n) is 6.72. The van der Waals surface area contributed by atoms with Crippen molar-refractivity contribution in [2.24, 2.45) is 5.92 Å². The molecule has 2 aromatic rings. The van der Waals surface area contributed by atoms with E-state index in [9.17, 15) is 19.5 Å². The van der Waals surface area contributed by atoms with Crippen LogP contribution in [0, 0.1) is 5.92 Å². The van der Waals surface area contributed by atoms with Crippen LogP contribution in [-0.4, -0.2) is 58.3 Å². The minimum absolute atomic E-state index is 0.0258. The SMILES string of the molecule is O=C(NC(CC(=O)N1CSC[C@H]1C(=O)O)C1CC1)OCC1c2ccccc2-c2ccccc21. The van der Waals surface area contributed by atoms with Crippen LogP contribution in [0.1, 0.15) is 36.3 Å². The van der Waals surface area contributed by atoms with Gasteiger partial charge in [-0.1, -0.05) is 48.5 Å². The van der Waals surface area contributed by atoms with E-state index in [1.165, 1.54) is 27.8 Å². The summed E-state index contributed by atoms with van der Waals surface area (Å²) >= 11 is 1.44. The Balaban J connectivity index is 1.21. The summed E-state index contributed by atoms with van der Waals surface area (Å²) in [6.07, 6.45) is 1.45.